The first-order valence-electron chi connectivity index (χ1n) is 15.4. The Morgan fingerprint density at radius 1 is 0.867 bits per heavy atom. The highest BCUT2D eigenvalue weighted by atomic mass is 16.6. The third-order valence-electron chi connectivity index (χ3n) is 9.23. The number of fused-ring (bicyclic) bond motifs is 1. The van der Waals surface area contributed by atoms with Crippen molar-refractivity contribution in [2.75, 3.05) is 33.4 Å². The zero-order chi connectivity index (χ0) is 31.4. The van der Waals surface area contributed by atoms with Gasteiger partial charge in [0.15, 0.2) is 0 Å². The highest BCUT2D eigenvalue weighted by Crippen LogP contribution is 2.43. The quantitative estimate of drug-likeness (QED) is 0.191. The van der Waals surface area contributed by atoms with Crippen molar-refractivity contribution in [1.29, 1.82) is 0 Å². The van der Waals surface area contributed by atoms with E-state index in [1.807, 2.05) is 13.0 Å². The van der Waals surface area contributed by atoms with Gasteiger partial charge in [-0.05, 0) is 79.3 Å². The molecule has 0 bridgehead atoms. The van der Waals surface area contributed by atoms with Crippen molar-refractivity contribution in [1.82, 2.24) is 20.5 Å². The Balaban J connectivity index is 1.13. The molecule has 45 heavy (non-hydrogen) atoms. The summed E-state index contributed by atoms with van der Waals surface area (Å²) in [6.07, 6.45) is 2.73. The van der Waals surface area contributed by atoms with Crippen LogP contribution in [0.4, 0.5) is 0 Å². The van der Waals surface area contributed by atoms with Gasteiger partial charge in [-0.25, -0.2) is 14.2 Å². The largest absolute Gasteiger partial charge is 0.466 e. The topological polar surface area (TPSA) is 107 Å². The number of nitrogens with one attached hydrogen (secondary N) is 1. The Bertz CT molecular complexity index is 1700. The van der Waals surface area contributed by atoms with Crippen LogP contribution < -0.4 is 5.32 Å². The second kappa shape index (κ2) is 13.1. The third kappa shape index (κ3) is 5.88. The number of carbonyl (C=O) groups excluding carboxylic acids is 2. The lowest BCUT2D eigenvalue weighted by Gasteiger charge is -2.43. The van der Waals surface area contributed by atoms with Gasteiger partial charge in [0.1, 0.15) is 11.0 Å². The Morgan fingerprint density at radius 2 is 1.49 bits per heavy atom. The summed E-state index contributed by atoms with van der Waals surface area (Å²) < 4.78 is 16.0. The first-order chi connectivity index (χ1) is 21.9. The predicted molar refractivity (Wildman–Crippen MR) is 170 cm³/mol. The molecule has 1 aromatic heterocycles. The van der Waals surface area contributed by atoms with E-state index in [-0.39, 0.29) is 12.0 Å². The lowest BCUT2D eigenvalue weighted by atomic mass is 9.68. The second-order valence-electron chi connectivity index (χ2n) is 11.8. The lowest BCUT2D eigenvalue weighted by Crippen LogP contribution is -2.43. The van der Waals surface area contributed by atoms with Gasteiger partial charge in [-0.3, -0.25) is 0 Å². The minimum atomic E-state index is -0.756. The van der Waals surface area contributed by atoms with Gasteiger partial charge in [0.2, 0.25) is 0 Å². The number of hydrogen-bond donors (Lipinski definition) is 1. The summed E-state index contributed by atoms with van der Waals surface area (Å²) in [5, 5.41) is 11.2. The lowest BCUT2D eigenvalue weighted by molar-refractivity contribution is -0.139. The molecule has 0 spiro atoms. The number of aromatic nitrogens is 2. The molecule has 4 aromatic rings. The number of benzene rings is 3. The normalized spacial score (nSPS) is 18.5. The smallest absolute Gasteiger partial charge is 0.336 e. The molecule has 1 saturated heterocycles. The Morgan fingerprint density at radius 3 is 2.11 bits per heavy atom. The molecule has 1 unspecified atom stereocenters. The van der Waals surface area contributed by atoms with E-state index in [0.717, 1.165) is 32.5 Å². The number of ether oxygens (including phenoxy) is 2. The van der Waals surface area contributed by atoms with Crippen molar-refractivity contribution in [3.63, 3.8) is 0 Å². The summed E-state index contributed by atoms with van der Waals surface area (Å²) in [6.45, 7) is 6.58. The molecule has 0 saturated carbocycles. The molecule has 1 atom stereocenters. The molecule has 1 fully saturated rings. The number of likely N-dealkylation sites (tertiary alicyclic amines) is 1. The number of nitrogens with zero attached hydrogens (tertiary/aromatic N) is 3. The fourth-order valence-corrected chi connectivity index (χ4v) is 6.96. The Hall–Kier alpha value is -4.76. The van der Waals surface area contributed by atoms with Crippen LogP contribution in [0.5, 0.6) is 0 Å². The number of allylic oxidation sites excluding steroid dienone is 2. The van der Waals surface area contributed by atoms with Crippen LogP contribution in [0.2, 0.25) is 0 Å². The molecule has 2 aliphatic rings. The monoisotopic (exact) mass is 606 g/mol. The van der Waals surface area contributed by atoms with Crippen LogP contribution >= 0.6 is 0 Å². The van der Waals surface area contributed by atoms with E-state index in [1.165, 1.54) is 18.2 Å². The zero-order valence-electron chi connectivity index (χ0n) is 25.9. The molecule has 3 heterocycles. The molecule has 1 N–H and O–H groups in total. The summed E-state index contributed by atoms with van der Waals surface area (Å²) in [7, 11) is 1.32. The first kappa shape index (κ1) is 30.3. The molecule has 9 nitrogen and oxygen atoms in total. The zero-order valence-corrected chi connectivity index (χ0v) is 25.9. The molecule has 232 valence electrons. The minimum Gasteiger partial charge on any atom is -0.466 e. The van der Waals surface area contributed by atoms with E-state index in [4.69, 9.17) is 14.1 Å². The highest BCUT2D eigenvalue weighted by molar-refractivity contribution is 6.01. The number of esters is 2. The Labute approximate surface area is 262 Å². The maximum absolute atomic E-state index is 13.7. The van der Waals surface area contributed by atoms with Crippen LogP contribution in [0.1, 0.15) is 55.7 Å². The van der Waals surface area contributed by atoms with Gasteiger partial charge in [-0.1, -0.05) is 72.8 Å². The maximum Gasteiger partial charge on any atom is 0.336 e. The number of rotatable bonds is 9. The fourth-order valence-electron chi connectivity index (χ4n) is 6.96. The molecule has 2 aliphatic heterocycles. The summed E-state index contributed by atoms with van der Waals surface area (Å²) in [5.74, 6) is -1.78. The third-order valence-corrected chi connectivity index (χ3v) is 9.23. The summed E-state index contributed by atoms with van der Waals surface area (Å²) in [6, 6.07) is 27.0. The van der Waals surface area contributed by atoms with Crippen molar-refractivity contribution in [2.45, 2.75) is 44.4 Å². The van der Waals surface area contributed by atoms with E-state index in [9.17, 15) is 9.59 Å². The minimum absolute atomic E-state index is 0.0102. The molecule has 9 heteroatoms. The van der Waals surface area contributed by atoms with Crippen molar-refractivity contribution < 1.29 is 23.7 Å². The van der Waals surface area contributed by atoms with Crippen LogP contribution in [0, 0.1) is 0 Å². The van der Waals surface area contributed by atoms with Crippen molar-refractivity contribution in [3.05, 3.63) is 118 Å². The van der Waals surface area contributed by atoms with Gasteiger partial charge in [0.25, 0.3) is 0 Å². The molecular weight excluding hydrogens is 568 g/mol. The van der Waals surface area contributed by atoms with Crippen molar-refractivity contribution in [2.24, 2.45) is 0 Å². The molecule has 0 amide bonds. The average molecular weight is 607 g/mol. The summed E-state index contributed by atoms with van der Waals surface area (Å²) >= 11 is 0. The van der Waals surface area contributed by atoms with E-state index < -0.39 is 17.9 Å². The fraction of sp³-hybridized carbons (Fsp3) is 0.333. The number of piperidine rings is 1. The standard InChI is InChI=1S/C36H38N4O5/c1-24-30(34(41)43-3)32(28-16-10-17-29-33(28)39-45-38-29)31(25(2)37-24)35(42)44-23-11-20-40-21-18-36(19-22-40,26-12-6-4-7-13-26)27-14-8-5-9-15-27/h4-10,12-17,32,37H,11,18-23H2,1-3H3. The van der Waals surface area contributed by atoms with E-state index >= 15 is 0 Å². The molecule has 0 aliphatic carbocycles. The molecule has 3 aromatic carbocycles. The van der Waals surface area contributed by atoms with Crippen LogP contribution in [0.25, 0.3) is 11.0 Å². The molecular formula is C36H38N4O5. The number of carbonyl (C=O) groups is 2. The highest BCUT2D eigenvalue weighted by Gasteiger charge is 2.40. The molecule has 0 radical (unpaired) electrons. The van der Waals surface area contributed by atoms with Gasteiger partial charge in [-0.2, -0.15) is 0 Å². The Kier molecular flexibility index (Phi) is 8.80. The van der Waals surface area contributed by atoms with E-state index in [2.05, 4.69) is 81.2 Å². The van der Waals surface area contributed by atoms with Crippen LogP contribution in [0.15, 0.2) is 106 Å². The van der Waals surface area contributed by atoms with Gasteiger partial charge in [0, 0.05) is 23.4 Å². The average Bonchev–Trinajstić information content (AvgIpc) is 3.56. The molecule has 6 rings (SSSR count). The van der Waals surface area contributed by atoms with Crippen LogP contribution in [-0.4, -0.2) is 60.5 Å². The number of methoxy groups -OCH3 is 1. The van der Waals surface area contributed by atoms with Gasteiger partial charge in [0.05, 0.1) is 30.8 Å². The van der Waals surface area contributed by atoms with Crippen LogP contribution in [-0.2, 0) is 24.5 Å². The summed E-state index contributed by atoms with van der Waals surface area (Å²) in [4.78, 5) is 29.2. The van der Waals surface area contributed by atoms with Gasteiger partial charge >= 0.3 is 11.9 Å². The SMILES string of the molecule is COC(=O)C1=C(C)NC(C)=C(C(=O)OCCCN2CCC(c3ccccc3)(c3ccccc3)CC2)C1c1cccc2nonc12. The number of hydrogen-bond acceptors (Lipinski definition) is 9. The van der Waals surface area contributed by atoms with Gasteiger partial charge in [-0.15, -0.1) is 0 Å². The van der Waals surface area contributed by atoms with E-state index in [0.29, 0.717) is 45.6 Å². The first-order valence-corrected chi connectivity index (χ1v) is 15.4. The maximum atomic E-state index is 13.7. The summed E-state index contributed by atoms with van der Waals surface area (Å²) in [5.41, 5.74) is 6.20. The van der Waals surface area contributed by atoms with Crippen LogP contribution in [0.3, 0.4) is 0 Å². The van der Waals surface area contributed by atoms with Gasteiger partial charge < -0.3 is 19.7 Å². The van der Waals surface area contributed by atoms with Crippen molar-refractivity contribution >= 4 is 23.0 Å². The predicted octanol–water partition coefficient (Wildman–Crippen LogP) is 5.65. The van der Waals surface area contributed by atoms with E-state index in [1.54, 1.807) is 19.1 Å². The number of dihydropyridines is 1. The second-order valence-corrected chi connectivity index (χ2v) is 11.8. The van der Waals surface area contributed by atoms with Crippen molar-refractivity contribution in [3.8, 4) is 0 Å².